The summed E-state index contributed by atoms with van der Waals surface area (Å²) >= 11 is 9.85. The molecule has 6 heteroatoms. The van der Waals surface area contributed by atoms with E-state index in [2.05, 4.69) is 17.2 Å². The van der Waals surface area contributed by atoms with Crippen LogP contribution in [0.25, 0.3) is 0 Å². The Morgan fingerprint density at radius 1 is 1.33 bits per heavy atom. The quantitative estimate of drug-likeness (QED) is 0.516. The average molecular weight is 214 g/mol. The van der Waals surface area contributed by atoms with Crippen LogP contribution >= 0.6 is 23.8 Å². The highest BCUT2D eigenvalue weighted by Gasteiger charge is 2.30. The van der Waals surface area contributed by atoms with Gasteiger partial charge in [0.25, 0.3) is 0 Å². The molecule has 1 N–H and O–H groups in total. The van der Waals surface area contributed by atoms with Gasteiger partial charge in [-0.1, -0.05) is 23.8 Å². The Kier molecular flexibility index (Phi) is 2.44. The molecule has 0 amide bonds. The monoisotopic (exact) mass is 213 g/mol. The summed E-state index contributed by atoms with van der Waals surface area (Å²) in [5.74, 6) is 0. The Balaban J connectivity index is 3.27. The number of H-pyrrole nitrogens is 1. The fourth-order valence-electron chi connectivity index (χ4n) is 0.673. The smallest absolute Gasteiger partial charge is 0.337 e. The number of pyridine rings is 1. The van der Waals surface area contributed by atoms with Gasteiger partial charge in [0.15, 0.2) is 0 Å². The van der Waals surface area contributed by atoms with Gasteiger partial charge in [0, 0.05) is 0 Å². The normalized spacial score (nSPS) is 11.7. The second kappa shape index (κ2) is 3.06. The van der Waals surface area contributed by atoms with Crippen LogP contribution in [0.2, 0.25) is 5.15 Å². The van der Waals surface area contributed by atoms with Gasteiger partial charge >= 0.3 is 6.18 Å². The molecule has 0 aromatic carbocycles. The van der Waals surface area contributed by atoms with Gasteiger partial charge in [-0.25, -0.2) is 0 Å². The number of nitrogens with one attached hydrogen (secondary N) is 1. The number of hydrogen-bond donors (Lipinski definition) is 1. The summed E-state index contributed by atoms with van der Waals surface area (Å²) in [5, 5.41) is -0.116. The van der Waals surface area contributed by atoms with Crippen LogP contribution in [0.1, 0.15) is 5.56 Å². The predicted octanol–water partition coefficient (Wildman–Crippen LogP) is 3.42. The van der Waals surface area contributed by atoms with E-state index in [4.69, 9.17) is 11.6 Å². The third kappa shape index (κ3) is 2.22. The molecule has 1 rings (SSSR count). The lowest BCUT2D eigenvalue weighted by molar-refractivity contribution is -0.137. The zero-order valence-corrected chi connectivity index (χ0v) is 7.15. The van der Waals surface area contributed by atoms with Gasteiger partial charge in [-0.15, -0.1) is 0 Å². The molecule has 0 aliphatic carbocycles. The number of halogens is 4. The van der Waals surface area contributed by atoms with Crippen molar-refractivity contribution in [2.75, 3.05) is 0 Å². The summed E-state index contributed by atoms with van der Waals surface area (Å²) in [4.78, 5) is 2.36. The summed E-state index contributed by atoms with van der Waals surface area (Å²) < 4.78 is 36.1. The van der Waals surface area contributed by atoms with Gasteiger partial charge in [0.1, 0.15) is 9.79 Å². The van der Waals surface area contributed by atoms with Crippen LogP contribution in [0.5, 0.6) is 0 Å². The maximum Gasteiger partial charge on any atom is 0.416 e. The lowest BCUT2D eigenvalue weighted by Crippen LogP contribution is -2.04. The second-order valence-corrected chi connectivity index (χ2v) is 2.93. The van der Waals surface area contributed by atoms with Gasteiger partial charge in [0.05, 0.1) is 5.56 Å². The van der Waals surface area contributed by atoms with E-state index in [0.29, 0.717) is 0 Å². The molecule has 1 heterocycles. The standard InChI is InChI=1S/C6H3ClF3NS/c7-4-1-3(6(8,9)10)2-5(12)11-4/h1-2H,(H,11,12). The molecule has 0 aliphatic rings. The van der Waals surface area contributed by atoms with E-state index in [-0.39, 0.29) is 9.79 Å². The van der Waals surface area contributed by atoms with Gasteiger partial charge < -0.3 is 4.98 Å². The first-order chi connectivity index (χ1) is 5.39. The van der Waals surface area contributed by atoms with E-state index in [1.165, 1.54) is 0 Å². The van der Waals surface area contributed by atoms with Crippen LogP contribution in [-0.4, -0.2) is 4.98 Å². The van der Waals surface area contributed by atoms with Crippen molar-refractivity contribution in [3.63, 3.8) is 0 Å². The highest BCUT2D eigenvalue weighted by molar-refractivity contribution is 7.71. The first-order valence-corrected chi connectivity index (χ1v) is 3.65. The maximum absolute atomic E-state index is 12.0. The SMILES string of the molecule is FC(F)(F)c1cc(Cl)[nH]c(=S)c1. The van der Waals surface area contributed by atoms with Crippen molar-refractivity contribution in [3.05, 3.63) is 27.5 Å². The second-order valence-electron chi connectivity index (χ2n) is 2.08. The summed E-state index contributed by atoms with van der Waals surface area (Å²) in [6.45, 7) is 0. The summed E-state index contributed by atoms with van der Waals surface area (Å²) in [6, 6.07) is 1.61. The lowest BCUT2D eigenvalue weighted by Gasteiger charge is -2.05. The molecule has 0 radical (unpaired) electrons. The number of aromatic nitrogens is 1. The van der Waals surface area contributed by atoms with Crippen molar-refractivity contribution in [2.24, 2.45) is 0 Å². The Labute approximate surface area is 76.2 Å². The fraction of sp³-hybridized carbons (Fsp3) is 0.167. The zero-order valence-electron chi connectivity index (χ0n) is 5.57. The lowest BCUT2D eigenvalue weighted by atomic mass is 10.3. The molecular formula is C6H3ClF3NS. The van der Waals surface area contributed by atoms with Crippen LogP contribution < -0.4 is 0 Å². The number of aromatic amines is 1. The van der Waals surface area contributed by atoms with E-state index in [1.807, 2.05) is 0 Å². The Morgan fingerprint density at radius 2 is 1.92 bits per heavy atom. The predicted molar refractivity (Wildman–Crippen MR) is 41.6 cm³/mol. The van der Waals surface area contributed by atoms with Crippen molar-refractivity contribution in [2.45, 2.75) is 6.18 Å². The van der Waals surface area contributed by atoms with Gasteiger partial charge in [0.2, 0.25) is 0 Å². The largest absolute Gasteiger partial charge is 0.416 e. The van der Waals surface area contributed by atoms with E-state index < -0.39 is 11.7 Å². The molecule has 0 atom stereocenters. The molecule has 0 bridgehead atoms. The van der Waals surface area contributed by atoms with Crippen molar-refractivity contribution in [3.8, 4) is 0 Å². The van der Waals surface area contributed by atoms with Crippen molar-refractivity contribution in [1.29, 1.82) is 0 Å². The summed E-state index contributed by atoms with van der Waals surface area (Å²) in [6.07, 6.45) is -4.40. The molecule has 12 heavy (non-hydrogen) atoms. The van der Waals surface area contributed by atoms with E-state index in [1.54, 1.807) is 0 Å². The fourth-order valence-corrected chi connectivity index (χ4v) is 1.19. The van der Waals surface area contributed by atoms with Crippen molar-refractivity contribution < 1.29 is 13.2 Å². The molecule has 0 aliphatic heterocycles. The number of hydrogen-bond acceptors (Lipinski definition) is 1. The third-order valence-corrected chi connectivity index (χ3v) is 1.56. The molecule has 1 aromatic heterocycles. The first-order valence-electron chi connectivity index (χ1n) is 2.86. The molecule has 0 saturated carbocycles. The average Bonchev–Trinajstić information content (AvgIpc) is 1.82. The highest BCUT2D eigenvalue weighted by atomic mass is 35.5. The highest BCUT2D eigenvalue weighted by Crippen LogP contribution is 2.30. The number of rotatable bonds is 0. The van der Waals surface area contributed by atoms with E-state index in [9.17, 15) is 13.2 Å². The molecule has 66 valence electrons. The minimum atomic E-state index is -4.40. The molecule has 0 spiro atoms. The van der Waals surface area contributed by atoms with Crippen LogP contribution in [-0.2, 0) is 6.18 Å². The molecule has 0 saturated heterocycles. The van der Waals surface area contributed by atoms with E-state index in [0.717, 1.165) is 12.1 Å². The Hall–Kier alpha value is -0.550. The topological polar surface area (TPSA) is 15.8 Å². The molecule has 0 fully saturated rings. The maximum atomic E-state index is 12.0. The minimum absolute atomic E-state index is 0.0326. The zero-order chi connectivity index (χ0) is 9.35. The number of alkyl halides is 3. The molecular weight excluding hydrogens is 211 g/mol. The van der Waals surface area contributed by atoms with Crippen molar-refractivity contribution in [1.82, 2.24) is 4.98 Å². The molecule has 1 aromatic rings. The Bertz CT molecular complexity index is 343. The molecule has 0 unspecified atom stereocenters. The third-order valence-electron chi connectivity index (χ3n) is 1.14. The van der Waals surface area contributed by atoms with Crippen molar-refractivity contribution >= 4 is 23.8 Å². The van der Waals surface area contributed by atoms with Gasteiger partial charge in [-0.2, -0.15) is 13.2 Å². The van der Waals surface area contributed by atoms with E-state index >= 15 is 0 Å². The minimum Gasteiger partial charge on any atom is -0.337 e. The van der Waals surface area contributed by atoms with Crippen LogP contribution in [0, 0.1) is 4.64 Å². The summed E-state index contributed by atoms with van der Waals surface area (Å²) in [5.41, 5.74) is -0.837. The van der Waals surface area contributed by atoms with Crippen LogP contribution in [0.4, 0.5) is 13.2 Å². The Morgan fingerprint density at radius 3 is 2.33 bits per heavy atom. The van der Waals surface area contributed by atoms with Crippen LogP contribution in [0.15, 0.2) is 12.1 Å². The van der Waals surface area contributed by atoms with Gasteiger partial charge in [-0.3, -0.25) is 0 Å². The van der Waals surface area contributed by atoms with Gasteiger partial charge in [-0.05, 0) is 12.1 Å². The molecule has 1 nitrogen and oxygen atoms in total. The summed E-state index contributed by atoms with van der Waals surface area (Å²) in [7, 11) is 0. The van der Waals surface area contributed by atoms with Crippen LogP contribution in [0.3, 0.4) is 0 Å². The first kappa shape index (κ1) is 9.54.